The van der Waals surface area contributed by atoms with Crippen LogP contribution in [0.15, 0.2) is 17.1 Å². The molecule has 0 amide bonds. The SMILES string of the molecule is O=C=Nc1cc(Cl)c(OC(F)C(F)(F)OC(F)(F)C(F)(F)C(F)F)c(Cl)c1. The van der Waals surface area contributed by atoms with Gasteiger partial charge in [-0.15, -0.1) is 0 Å². The molecule has 0 aliphatic carbocycles. The van der Waals surface area contributed by atoms with Crippen LogP contribution in [0.5, 0.6) is 5.75 Å². The molecule has 1 aromatic carbocycles. The standard InChI is InChI=1S/C12H4Cl2F9NO3/c13-5-1-4(24-3-25)2-6(14)7(5)26-9(17)11(20,21)27-12(22,23)10(18,19)8(15)16/h1-2,8-9H. The highest BCUT2D eigenvalue weighted by Crippen LogP contribution is 2.45. The molecule has 0 saturated carbocycles. The molecule has 0 aliphatic rings. The molecule has 0 spiro atoms. The lowest BCUT2D eigenvalue weighted by Gasteiger charge is -2.30. The van der Waals surface area contributed by atoms with Gasteiger partial charge < -0.3 is 4.74 Å². The van der Waals surface area contributed by atoms with E-state index in [4.69, 9.17) is 23.2 Å². The van der Waals surface area contributed by atoms with Crippen molar-refractivity contribution >= 4 is 35.0 Å². The number of isocyanates is 1. The molecule has 0 aliphatic heterocycles. The zero-order valence-electron chi connectivity index (χ0n) is 12.1. The molecule has 0 radical (unpaired) electrons. The Hall–Kier alpha value is -1.69. The molecule has 0 heterocycles. The van der Waals surface area contributed by atoms with Gasteiger partial charge in [-0.25, -0.2) is 18.3 Å². The van der Waals surface area contributed by atoms with Crippen LogP contribution in [0.1, 0.15) is 0 Å². The maximum absolute atomic E-state index is 13.5. The zero-order valence-corrected chi connectivity index (χ0v) is 13.7. The summed E-state index contributed by atoms with van der Waals surface area (Å²) in [7, 11) is 0. The molecule has 4 nitrogen and oxygen atoms in total. The second-order valence-corrected chi connectivity index (χ2v) is 5.29. The quantitative estimate of drug-likeness (QED) is 0.287. The van der Waals surface area contributed by atoms with Crippen molar-refractivity contribution in [3.05, 3.63) is 22.2 Å². The first-order valence-corrected chi connectivity index (χ1v) is 6.90. The summed E-state index contributed by atoms with van der Waals surface area (Å²) in [6.45, 7) is 0. The Morgan fingerprint density at radius 3 is 1.89 bits per heavy atom. The van der Waals surface area contributed by atoms with Gasteiger partial charge >= 0.3 is 30.9 Å². The molecule has 0 fully saturated rings. The second-order valence-electron chi connectivity index (χ2n) is 4.48. The third-order valence-electron chi connectivity index (χ3n) is 2.57. The van der Waals surface area contributed by atoms with Gasteiger partial charge in [0.15, 0.2) is 5.75 Å². The zero-order chi connectivity index (χ0) is 21.2. The molecule has 15 heteroatoms. The van der Waals surface area contributed by atoms with E-state index in [0.29, 0.717) is 0 Å². The van der Waals surface area contributed by atoms with E-state index >= 15 is 0 Å². The lowest BCUT2D eigenvalue weighted by Crippen LogP contribution is -2.54. The molecular formula is C12H4Cl2F9NO3. The number of alkyl halides is 9. The van der Waals surface area contributed by atoms with E-state index in [-0.39, 0.29) is 5.69 Å². The Kier molecular flexibility index (Phi) is 7.03. The summed E-state index contributed by atoms with van der Waals surface area (Å²) in [5, 5.41) is -1.50. The highest BCUT2D eigenvalue weighted by Gasteiger charge is 2.69. The van der Waals surface area contributed by atoms with Crippen molar-refractivity contribution in [3.8, 4) is 5.75 Å². The van der Waals surface area contributed by atoms with Crippen molar-refractivity contribution in [2.24, 2.45) is 4.99 Å². The van der Waals surface area contributed by atoms with Gasteiger partial charge in [0, 0.05) is 0 Å². The minimum absolute atomic E-state index is 0.283. The summed E-state index contributed by atoms with van der Waals surface area (Å²) in [5.41, 5.74) is -0.283. The molecule has 0 bridgehead atoms. The number of nitrogens with zero attached hydrogens (tertiary/aromatic N) is 1. The van der Waals surface area contributed by atoms with Crippen LogP contribution in [0.3, 0.4) is 0 Å². The number of benzene rings is 1. The lowest BCUT2D eigenvalue weighted by atomic mass is 10.3. The molecule has 1 rings (SSSR count). The lowest BCUT2D eigenvalue weighted by molar-refractivity contribution is -0.463. The number of halogens is 11. The number of ether oxygens (including phenoxy) is 2. The van der Waals surface area contributed by atoms with Crippen molar-refractivity contribution in [2.45, 2.75) is 30.9 Å². The third kappa shape index (κ3) is 5.18. The van der Waals surface area contributed by atoms with Crippen molar-refractivity contribution in [2.75, 3.05) is 0 Å². The normalized spacial score (nSPS) is 14.1. The van der Waals surface area contributed by atoms with Crippen LogP contribution in [0.25, 0.3) is 0 Å². The predicted molar refractivity (Wildman–Crippen MR) is 71.7 cm³/mol. The average Bonchev–Trinajstić information content (AvgIpc) is 2.49. The van der Waals surface area contributed by atoms with Gasteiger partial charge in [0.25, 0.3) is 0 Å². The Morgan fingerprint density at radius 1 is 1.00 bits per heavy atom. The van der Waals surface area contributed by atoms with Crippen LogP contribution in [0.2, 0.25) is 10.0 Å². The maximum atomic E-state index is 13.5. The van der Waals surface area contributed by atoms with E-state index < -0.39 is 46.7 Å². The Labute approximate surface area is 153 Å². The largest absolute Gasteiger partial charge is 0.449 e. The topological polar surface area (TPSA) is 47.9 Å². The average molecular weight is 452 g/mol. The van der Waals surface area contributed by atoms with Crippen LogP contribution in [-0.4, -0.2) is 37.0 Å². The van der Waals surface area contributed by atoms with Crippen molar-refractivity contribution < 1.29 is 53.8 Å². The summed E-state index contributed by atoms with van der Waals surface area (Å²) in [5.74, 6) is -7.46. The summed E-state index contributed by atoms with van der Waals surface area (Å²) in [4.78, 5) is 13.1. The molecule has 0 N–H and O–H groups in total. The fourth-order valence-corrected chi connectivity index (χ4v) is 1.93. The summed E-state index contributed by atoms with van der Waals surface area (Å²) >= 11 is 11.0. The summed E-state index contributed by atoms with van der Waals surface area (Å²) in [6, 6.07) is 1.47. The molecule has 1 unspecified atom stereocenters. The van der Waals surface area contributed by atoms with Crippen molar-refractivity contribution in [1.82, 2.24) is 0 Å². The van der Waals surface area contributed by atoms with Gasteiger partial charge in [-0.1, -0.05) is 23.2 Å². The maximum Gasteiger partial charge on any atom is 0.430 e. The van der Waals surface area contributed by atoms with Gasteiger partial charge in [0.05, 0.1) is 15.7 Å². The Bertz CT molecular complexity index is 718. The number of hydrogen-bond acceptors (Lipinski definition) is 4. The number of hydrogen-bond donors (Lipinski definition) is 0. The van der Waals surface area contributed by atoms with Gasteiger partial charge in [-0.2, -0.15) is 35.7 Å². The van der Waals surface area contributed by atoms with Gasteiger partial charge in [0.2, 0.25) is 6.08 Å². The Balaban J connectivity index is 3.08. The molecule has 0 aromatic heterocycles. The first kappa shape index (κ1) is 23.3. The number of carbonyl (C=O) groups excluding carboxylic acids is 1. The smallest absolute Gasteiger partial charge is 0.430 e. The second kappa shape index (κ2) is 8.13. The molecule has 152 valence electrons. The molecular weight excluding hydrogens is 448 g/mol. The number of rotatable bonds is 8. The monoisotopic (exact) mass is 451 g/mol. The fourth-order valence-electron chi connectivity index (χ4n) is 1.36. The van der Waals surface area contributed by atoms with Gasteiger partial charge in [-0.3, -0.25) is 0 Å². The molecule has 0 saturated heterocycles. The van der Waals surface area contributed by atoms with E-state index in [1.807, 2.05) is 0 Å². The molecule has 1 atom stereocenters. The minimum atomic E-state index is -6.46. The van der Waals surface area contributed by atoms with E-state index in [0.717, 1.165) is 18.2 Å². The van der Waals surface area contributed by atoms with E-state index in [9.17, 15) is 44.3 Å². The van der Waals surface area contributed by atoms with Crippen LogP contribution in [-0.2, 0) is 9.53 Å². The fraction of sp³-hybridized carbons (Fsp3) is 0.417. The van der Waals surface area contributed by atoms with Crippen LogP contribution >= 0.6 is 23.2 Å². The predicted octanol–water partition coefficient (Wildman–Crippen LogP) is 5.74. The van der Waals surface area contributed by atoms with Gasteiger partial charge in [0.1, 0.15) is 0 Å². The first-order chi connectivity index (χ1) is 12.2. The van der Waals surface area contributed by atoms with Crippen LogP contribution in [0, 0.1) is 0 Å². The minimum Gasteiger partial charge on any atom is -0.449 e. The van der Waals surface area contributed by atoms with Gasteiger partial charge in [-0.05, 0) is 12.1 Å². The first-order valence-electron chi connectivity index (χ1n) is 6.15. The molecule has 27 heavy (non-hydrogen) atoms. The highest BCUT2D eigenvalue weighted by molar-refractivity contribution is 6.37. The van der Waals surface area contributed by atoms with E-state index in [1.165, 1.54) is 0 Å². The summed E-state index contributed by atoms with van der Waals surface area (Å²) in [6.07, 6.45) is -20.6. The Morgan fingerprint density at radius 2 is 1.48 bits per heavy atom. The van der Waals surface area contributed by atoms with Crippen molar-refractivity contribution in [1.29, 1.82) is 0 Å². The number of aliphatic imine (C=N–C) groups is 1. The van der Waals surface area contributed by atoms with Crippen molar-refractivity contribution in [3.63, 3.8) is 0 Å². The van der Waals surface area contributed by atoms with Crippen LogP contribution < -0.4 is 4.74 Å². The van der Waals surface area contributed by atoms with E-state index in [1.54, 1.807) is 0 Å². The third-order valence-corrected chi connectivity index (χ3v) is 3.13. The highest BCUT2D eigenvalue weighted by atomic mass is 35.5. The van der Waals surface area contributed by atoms with E-state index in [2.05, 4.69) is 14.5 Å². The summed E-state index contributed by atoms with van der Waals surface area (Å²) < 4.78 is 121. The van der Waals surface area contributed by atoms with Crippen LogP contribution in [0.4, 0.5) is 45.2 Å². The molecule has 1 aromatic rings.